The van der Waals surface area contributed by atoms with Gasteiger partial charge in [-0.3, -0.25) is 10.2 Å². The number of aliphatic hydroxyl groups excluding tert-OH is 1. The first-order chi connectivity index (χ1) is 11.9. The molecule has 1 aliphatic rings. The Morgan fingerprint density at radius 3 is 2.76 bits per heavy atom. The maximum atomic E-state index is 12.6. The summed E-state index contributed by atoms with van der Waals surface area (Å²) in [7, 11) is 0. The summed E-state index contributed by atoms with van der Waals surface area (Å²) in [5.74, 6) is 0.412. The average molecular weight is 352 g/mol. The minimum Gasteiger partial charge on any atom is -0.394 e. The predicted molar refractivity (Wildman–Crippen MR) is 84.2 cm³/mol. The Morgan fingerprint density at radius 1 is 1.32 bits per heavy atom. The van der Waals surface area contributed by atoms with Gasteiger partial charge >= 0.3 is 12.2 Å². The van der Waals surface area contributed by atoms with Gasteiger partial charge in [0.1, 0.15) is 11.6 Å². The monoisotopic (exact) mass is 352 g/mol. The summed E-state index contributed by atoms with van der Waals surface area (Å²) in [6, 6.07) is 4.45. The van der Waals surface area contributed by atoms with Gasteiger partial charge in [-0.15, -0.1) is 0 Å². The number of hydrogen-bond acceptors (Lipinski definition) is 4. The van der Waals surface area contributed by atoms with Crippen LogP contribution in [-0.4, -0.2) is 33.8 Å². The number of nitrogens with zero attached hydrogens (tertiary/aromatic N) is 3. The van der Waals surface area contributed by atoms with Gasteiger partial charge in [0.15, 0.2) is 0 Å². The number of pyridine rings is 2. The van der Waals surface area contributed by atoms with E-state index in [9.17, 15) is 23.1 Å². The molecule has 25 heavy (non-hydrogen) atoms. The van der Waals surface area contributed by atoms with E-state index < -0.39 is 23.8 Å². The molecule has 9 heteroatoms. The number of aryl methyl sites for hydroxylation is 1. The van der Waals surface area contributed by atoms with Crippen LogP contribution >= 0.6 is 0 Å². The van der Waals surface area contributed by atoms with Crippen LogP contribution in [0.1, 0.15) is 17.5 Å². The summed E-state index contributed by atoms with van der Waals surface area (Å²) in [5, 5.41) is 12.0. The Balaban J connectivity index is 1.82. The van der Waals surface area contributed by atoms with Crippen molar-refractivity contribution in [2.75, 3.05) is 16.8 Å². The van der Waals surface area contributed by atoms with Crippen LogP contribution in [0.4, 0.5) is 29.6 Å². The SMILES string of the molecule is O=C(Nc1ccc(C(F)(F)F)cn1)N1c2ncccc2CCC1CO. The summed E-state index contributed by atoms with van der Waals surface area (Å²) < 4.78 is 37.7. The number of amides is 2. The minimum absolute atomic E-state index is 0.0160. The van der Waals surface area contributed by atoms with Crippen LogP contribution in [0, 0.1) is 0 Å². The third-order valence-corrected chi connectivity index (χ3v) is 3.96. The number of fused-ring (bicyclic) bond motifs is 1. The molecule has 0 spiro atoms. The van der Waals surface area contributed by atoms with Crippen LogP contribution in [0.15, 0.2) is 36.7 Å². The van der Waals surface area contributed by atoms with Crippen molar-refractivity contribution < 1.29 is 23.1 Å². The molecule has 0 radical (unpaired) electrons. The number of urea groups is 1. The van der Waals surface area contributed by atoms with E-state index in [1.54, 1.807) is 6.07 Å². The molecule has 2 aromatic rings. The van der Waals surface area contributed by atoms with E-state index in [1.807, 2.05) is 6.07 Å². The van der Waals surface area contributed by atoms with E-state index in [-0.39, 0.29) is 12.4 Å². The average Bonchev–Trinajstić information content (AvgIpc) is 2.60. The van der Waals surface area contributed by atoms with Crippen LogP contribution in [0.5, 0.6) is 0 Å². The normalized spacial score (nSPS) is 17.1. The van der Waals surface area contributed by atoms with Crippen molar-refractivity contribution in [1.82, 2.24) is 9.97 Å². The highest BCUT2D eigenvalue weighted by atomic mass is 19.4. The zero-order valence-corrected chi connectivity index (χ0v) is 13.0. The van der Waals surface area contributed by atoms with Gasteiger partial charge in [-0.2, -0.15) is 13.2 Å². The number of halogens is 3. The molecule has 1 atom stereocenters. The van der Waals surface area contributed by atoms with Gasteiger partial charge in [0.05, 0.1) is 18.2 Å². The molecular weight excluding hydrogens is 337 g/mol. The Bertz CT molecular complexity index is 765. The van der Waals surface area contributed by atoms with Gasteiger partial charge < -0.3 is 5.11 Å². The fourth-order valence-corrected chi connectivity index (χ4v) is 2.71. The van der Waals surface area contributed by atoms with Crippen molar-refractivity contribution in [1.29, 1.82) is 0 Å². The van der Waals surface area contributed by atoms with E-state index in [0.29, 0.717) is 24.9 Å². The molecule has 6 nitrogen and oxygen atoms in total. The second kappa shape index (κ2) is 6.67. The third kappa shape index (κ3) is 3.55. The standard InChI is InChI=1S/C16H15F3N4O2/c17-16(18,19)11-4-6-13(21-8-11)22-15(25)23-12(9-24)5-3-10-2-1-7-20-14(10)23/h1-2,4,6-8,12,24H,3,5,9H2,(H,21,22,25). The maximum Gasteiger partial charge on any atom is 0.417 e. The molecule has 0 aromatic carbocycles. The zero-order chi connectivity index (χ0) is 18.0. The molecule has 0 bridgehead atoms. The first kappa shape index (κ1) is 17.2. The fourth-order valence-electron chi connectivity index (χ4n) is 2.71. The topological polar surface area (TPSA) is 78.4 Å². The van der Waals surface area contributed by atoms with Crippen LogP contribution in [0.3, 0.4) is 0 Å². The van der Waals surface area contributed by atoms with Gasteiger partial charge in [0, 0.05) is 12.4 Å². The van der Waals surface area contributed by atoms with E-state index in [1.165, 1.54) is 11.1 Å². The number of carbonyl (C=O) groups is 1. The molecule has 1 aliphatic heterocycles. The maximum absolute atomic E-state index is 12.6. The van der Waals surface area contributed by atoms with Gasteiger partial charge in [0.25, 0.3) is 0 Å². The Hall–Kier alpha value is -2.68. The van der Waals surface area contributed by atoms with Gasteiger partial charge in [-0.25, -0.2) is 14.8 Å². The van der Waals surface area contributed by atoms with Gasteiger partial charge in [0.2, 0.25) is 0 Å². The highest BCUT2D eigenvalue weighted by Crippen LogP contribution is 2.30. The lowest BCUT2D eigenvalue weighted by Gasteiger charge is -2.34. The first-order valence-corrected chi connectivity index (χ1v) is 7.58. The number of alkyl halides is 3. The molecular formula is C16H15F3N4O2. The molecule has 0 aliphatic carbocycles. The fraction of sp³-hybridized carbons (Fsp3) is 0.312. The van der Waals surface area contributed by atoms with Crippen molar-refractivity contribution in [3.05, 3.63) is 47.8 Å². The zero-order valence-electron chi connectivity index (χ0n) is 13.0. The molecule has 132 valence electrons. The number of anilines is 2. The van der Waals surface area contributed by atoms with E-state index >= 15 is 0 Å². The lowest BCUT2D eigenvalue weighted by Crippen LogP contribution is -2.48. The van der Waals surface area contributed by atoms with Crippen molar-refractivity contribution in [3.8, 4) is 0 Å². The Kier molecular flexibility index (Phi) is 4.58. The summed E-state index contributed by atoms with van der Waals surface area (Å²) in [6.07, 6.45) is -1.07. The van der Waals surface area contributed by atoms with Crippen molar-refractivity contribution >= 4 is 17.7 Å². The highest BCUT2D eigenvalue weighted by Gasteiger charge is 2.33. The van der Waals surface area contributed by atoms with E-state index in [2.05, 4.69) is 15.3 Å². The molecule has 0 saturated carbocycles. The molecule has 3 rings (SSSR count). The predicted octanol–water partition coefficient (Wildman–Crippen LogP) is 2.84. The van der Waals surface area contributed by atoms with Crippen molar-refractivity contribution in [2.24, 2.45) is 0 Å². The van der Waals surface area contributed by atoms with Gasteiger partial charge in [-0.1, -0.05) is 6.07 Å². The number of aliphatic hydroxyl groups is 1. The molecule has 0 fully saturated rings. The number of aromatic nitrogens is 2. The molecule has 0 saturated heterocycles. The number of rotatable bonds is 2. The lowest BCUT2D eigenvalue weighted by molar-refractivity contribution is -0.137. The highest BCUT2D eigenvalue weighted by molar-refractivity contribution is 6.01. The van der Waals surface area contributed by atoms with E-state index in [0.717, 1.165) is 17.7 Å². The van der Waals surface area contributed by atoms with Crippen LogP contribution in [0.2, 0.25) is 0 Å². The molecule has 2 N–H and O–H groups in total. The summed E-state index contributed by atoms with van der Waals surface area (Å²) in [5.41, 5.74) is -0.0357. The Labute approximate surface area is 141 Å². The van der Waals surface area contributed by atoms with Crippen molar-refractivity contribution in [3.63, 3.8) is 0 Å². The molecule has 2 aromatic heterocycles. The largest absolute Gasteiger partial charge is 0.417 e. The number of carbonyl (C=O) groups excluding carboxylic acids is 1. The molecule has 2 amide bonds. The molecule has 1 unspecified atom stereocenters. The third-order valence-electron chi connectivity index (χ3n) is 3.96. The summed E-state index contributed by atoms with van der Waals surface area (Å²) in [4.78, 5) is 21.7. The number of nitrogens with one attached hydrogen (secondary N) is 1. The quantitative estimate of drug-likeness (QED) is 0.871. The second-order valence-corrected chi connectivity index (χ2v) is 5.59. The van der Waals surface area contributed by atoms with Crippen LogP contribution in [0.25, 0.3) is 0 Å². The Morgan fingerprint density at radius 2 is 2.12 bits per heavy atom. The summed E-state index contributed by atoms with van der Waals surface area (Å²) in [6.45, 7) is -0.246. The van der Waals surface area contributed by atoms with Crippen LogP contribution < -0.4 is 10.2 Å². The smallest absolute Gasteiger partial charge is 0.394 e. The van der Waals surface area contributed by atoms with E-state index in [4.69, 9.17) is 0 Å². The summed E-state index contributed by atoms with van der Waals surface area (Å²) >= 11 is 0. The van der Waals surface area contributed by atoms with Gasteiger partial charge in [-0.05, 0) is 36.6 Å². The first-order valence-electron chi connectivity index (χ1n) is 7.58. The number of hydrogen-bond donors (Lipinski definition) is 2. The lowest BCUT2D eigenvalue weighted by atomic mass is 9.99. The second-order valence-electron chi connectivity index (χ2n) is 5.59. The van der Waals surface area contributed by atoms with Crippen molar-refractivity contribution in [2.45, 2.75) is 25.1 Å². The minimum atomic E-state index is -4.49. The molecule has 3 heterocycles. The van der Waals surface area contributed by atoms with Crippen LogP contribution in [-0.2, 0) is 12.6 Å².